The molecule has 35 heavy (non-hydrogen) atoms. The molecule has 0 atom stereocenters. The third kappa shape index (κ3) is 4.39. The van der Waals surface area contributed by atoms with E-state index in [1.165, 1.54) is 0 Å². The van der Waals surface area contributed by atoms with E-state index in [0.29, 0.717) is 48.2 Å². The summed E-state index contributed by atoms with van der Waals surface area (Å²) in [5, 5.41) is 0.841. The lowest BCUT2D eigenvalue weighted by Gasteiger charge is -2.13. The number of hydrogen-bond donors (Lipinski definition) is 1. The highest BCUT2D eigenvalue weighted by atomic mass is 16.5. The maximum absolute atomic E-state index is 13.3. The van der Waals surface area contributed by atoms with Gasteiger partial charge in [0.1, 0.15) is 0 Å². The number of ether oxygens (including phenoxy) is 2. The number of aliphatic imine (C=N–C) groups is 1. The van der Waals surface area contributed by atoms with Crippen molar-refractivity contribution in [3.63, 3.8) is 0 Å². The van der Waals surface area contributed by atoms with E-state index >= 15 is 0 Å². The Kier molecular flexibility index (Phi) is 6.91. The predicted molar refractivity (Wildman–Crippen MR) is 142 cm³/mol. The zero-order valence-corrected chi connectivity index (χ0v) is 20.8. The van der Waals surface area contributed by atoms with Crippen LogP contribution in [0.25, 0.3) is 38.8 Å². The molecule has 8 heteroatoms. The summed E-state index contributed by atoms with van der Waals surface area (Å²) in [6.07, 6.45) is 3.38. The third-order valence-corrected chi connectivity index (χ3v) is 5.80. The van der Waals surface area contributed by atoms with E-state index in [1.54, 1.807) is 35.5 Å². The molecular formula is C27H31N5O3. The van der Waals surface area contributed by atoms with Crippen LogP contribution in [0.1, 0.15) is 27.7 Å². The maximum Gasteiger partial charge on any atom is 0.333 e. The molecule has 0 unspecified atom stereocenters. The van der Waals surface area contributed by atoms with E-state index in [9.17, 15) is 4.79 Å². The zero-order chi connectivity index (χ0) is 25.1. The Labute approximate surface area is 204 Å². The van der Waals surface area contributed by atoms with Crippen molar-refractivity contribution in [1.82, 2.24) is 14.1 Å². The number of nitrogens with two attached hydrogens (primary N) is 1. The van der Waals surface area contributed by atoms with E-state index in [-0.39, 0.29) is 5.69 Å². The summed E-state index contributed by atoms with van der Waals surface area (Å²) in [7, 11) is 1.74. The number of imidazole rings is 1. The molecule has 2 heterocycles. The van der Waals surface area contributed by atoms with Crippen LogP contribution in [0.2, 0.25) is 0 Å². The number of aromatic nitrogens is 3. The summed E-state index contributed by atoms with van der Waals surface area (Å²) >= 11 is 0. The minimum absolute atomic E-state index is 0.207. The third-order valence-electron chi connectivity index (χ3n) is 5.80. The van der Waals surface area contributed by atoms with Gasteiger partial charge in [0, 0.05) is 30.9 Å². The highest BCUT2D eigenvalue weighted by Gasteiger charge is 2.18. The minimum atomic E-state index is -0.207. The van der Waals surface area contributed by atoms with Gasteiger partial charge in [-0.15, -0.1) is 0 Å². The van der Waals surface area contributed by atoms with Crippen molar-refractivity contribution in [1.29, 1.82) is 0 Å². The Morgan fingerprint density at radius 1 is 1.06 bits per heavy atom. The fourth-order valence-electron chi connectivity index (χ4n) is 4.14. The SMILES string of the molecule is CCN=CC(=C(C)N)n1c(=O)n(C)c2cnc3ccc(-c4ccc(OCC)c(OCC)c4)cc3c21. The molecule has 0 bridgehead atoms. The van der Waals surface area contributed by atoms with Gasteiger partial charge < -0.3 is 15.2 Å². The average molecular weight is 474 g/mol. The first-order valence-electron chi connectivity index (χ1n) is 11.8. The Bertz CT molecular complexity index is 1510. The number of allylic oxidation sites excluding steroid dienone is 2. The quantitative estimate of drug-likeness (QED) is 0.378. The van der Waals surface area contributed by atoms with Gasteiger partial charge in [0.2, 0.25) is 0 Å². The van der Waals surface area contributed by atoms with Gasteiger partial charge >= 0.3 is 5.69 Å². The molecule has 0 saturated heterocycles. The topological polar surface area (TPSA) is 96.7 Å². The maximum atomic E-state index is 13.3. The van der Waals surface area contributed by atoms with E-state index in [0.717, 1.165) is 27.5 Å². The highest BCUT2D eigenvalue weighted by molar-refractivity contribution is 6.11. The lowest BCUT2D eigenvalue weighted by molar-refractivity contribution is 0.288. The first-order valence-corrected chi connectivity index (χ1v) is 11.8. The van der Waals surface area contributed by atoms with Gasteiger partial charge in [0.15, 0.2) is 11.5 Å². The summed E-state index contributed by atoms with van der Waals surface area (Å²) in [5.41, 5.74) is 11.2. The summed E-state index contributed by atoms with van der Waals surface area (Å²) < 4.78 is 14.7. The molecule has 2 aromatic heterocycles. The lowest BCUT2D eigenvalue weighted by atomic mass is 10.0. The fourth-order valence-corrected chi connectivity index (χ4v) is 4.14. The molecule has 0 aliphatic heterocycles. The predicted octanol–water partition coefficient (Wildman–Crippen LogP) is 4.59. The van der Waals surface area contributed by atoms with Gasteiger partial charge in [0.25, 0.3) is 0 Å². The number of benzene rings is 2. The molecule has 2 aromatic carbocycles. The molecule has 0 saturated carbocycles. The van der Waals surface area contributed by atoms with E-state index in [1.807, 2.05) is 57.2 Å². The molecular weight excluding hydrogens is 442 g/mol. The molecule has 0 aliphatic rings. The minimum Gasteiger partial charge on any atom is -0.490 e. The van der Waals surface area contributed by atoms with Gasteiger partial charge in [-0.25, -0.2) is 4.79 Å². The molecule has 182 valence electrons. The van der Waals surface area contributed by atoms with Crippen molar-refractivity contribution in [2.24, 2.45) is 17.8 Å². The van der Waals surface area contributed by atoms with Crippen molar-refractivity contribution in [2.75, 3.05) is 19.8 Å². The van der Waals surface area contributed by atoms with Crippen LogP contribution in [0.3, 0.4) is 0 Å². The second-order valence-corrected chi connectivity index (χ2v) is 8.12. The summed E-state index contributed by atoms with van der Waals surface area (Å²) in [6, 6.07) is 11.9. The number of hydrogen-bond acceptors (Lipinski definition) is 6. The monoisotopic (exact) mass is 473 g/mol. The second kappa shape index (κ2) is 10.0. The Balaban J connectivity index is 2.00. The zero-order valence-electron chi connectivity index (χ0n) is 20.8. The number of rotatable bonds is 8. The van der Waals surface area contributed by atoms with Gasteiger partial charge in [0.05, 0.1) is 41.7 Å². The van der Waals surface area contributed by atoms with Gasteiger partial charge in [-0.1, -0.05) is 12.1 Å². The number of fused-ring (bicyclic) bond motifs is 3. The van der Waals surface area contributed by atoms with Crippen LogP contribution >= 0.6 is 0 Å². The Morgan fingerprint density at radius 2 is 1.74 bits per heavy atom. The van der Waals surface area contributed by atoms with Gasteiger partial charge in [-0.2, -0.15) is 0 Å². The standard InChI is InChI=1S/C27H31N5O3/c1-6-29-15-22(17(4)28)32-26-20-13-18(9-11-21(20)30-16-23(26)31(5)27(32)33)19-10-12-24(34-7-2)25(14-19)35-8-3/h9-16H,6-8,28H2,1-5H3. The average Bonchev–Trinajstić information content (AvgIpc) is 3.10. The van der Waals surface area contributed by atoms with E-state index in [2.05, 4.69) is 9.98 Å². The normalized spacial score (nSPS) is 12.5. The second-order valence-electron chi connectivity index (χ2n) is 8.12. The first-order chi connectivity index (χ1) is 16.9. The van der Waals surface area contributed by atoms with Crippen LogP contribution in [0.4, 0.5) is 0 Å². The first kappa shape index (κ1) is 24.1. The summed E-state index contributed by atoms with van der Waals surface area (Å²) in [6.45, 7) is 9.28. The van der Waals surface area contributed by atoms with Crippen molar-refractivity contribution in [2.45, 2.75) is 27.7 Å². The smallest absolute Gasteiger partial charge is 0.333 e. The molecule has 0 radical (unpaired) electrons. The molecule has 4 rings (SSSR count). The Hall–Kier alpha value is -4.07. The summed E-state index contributed by atoms with van der Waals surface area (Å²) in [5.74, 6) is 1.41. The molecule has 0 spiro atoms. The van der Waals surface area contributed by atoms with Crippen molar-refractivity contribution in [3.8, 4) is 22.6 Å². The van der Waals surface area contributed by atoms with Crippen LogP contribution in [0.15, 0.2) is 58.1 Å². The summed E-state index contributed by atoms with van der Waals surface area (Å²) in [4.78, 5) is 22.3. The lowest BCUT2D eigenvalue weighted by Crippen LogP contribution is -2.24. The van der Waals surface area contributed by atoms with Crippen LogP contribution < -0.4 is 20.9 Å². The molecule has 8 nitrogen and oxygen atoms in total. The molecule has 2 N–H and O–H groups in total. The van der Waals surface area contributed by atoms with Crippen LogP contribution in [0, 0.1) is 0 Å². The van der Waals surface area contributed by atoms with Crippen LogP contribution in [0.5, 0.6) is 11.5 Å². The Morgan fingerprint density at radius 3 is 2.43 bits per heavy atom. The number of pyridine rings is 1. The largest absolute Gasteiger partial charge is 0.490 e. The van der Waals surface area contributed by atoms with E-state index in [4.69, 9.17) is 15.2 Å². The number of nitrogens with zero attached hydrogens (tertiary/aromatic N) is 4. The fraction of sp³-hybridized carbons (Fsp3) is 0.296. The van der Waals surface area contributed by atoms with Gasteiger partial charge in [-0.3, -0.25) is 19.1 Å². The molecule has 4 aromatic rings. The molecule has 0 aliphatic carbocycles. The molecule has 0 amide bonds. The highest BCUT2D eigenvalue weighted by Crippen LogP contribution is 2.35. The van der Waals surface area contributed by atoms with Crippen molar-refractivity contribution >= 4 is 33.8 Å². The van der Waals surface area contributed by atoms with Crippen LogP contribution in [-0.4, -0.2) is 40.1 Å². The molecule has 0 fully saturated rings. The van der Waals surface area contributed by atoms with Crippen LogP contribution in [-0.2, 0) is 7.05 Å². The van der Waals surface area contributed by atoms with E-state index < -0.39 is 0 Å². The number of aryl methyl sites for hydroxylation is 1. The van der Waals surface area contributed by atoms with Crippen molar-refractivity contribution in [3.05, 3.63) is 58.8 Å². The van der Waals surface area contributed by atoms with Gasteiger partial charge in [-0.05, 0) is 63.1 Å². The van der Waals surface area contributed by atoms with Crippen molar-refractivity contribution < 1.29 is 9.47 Å².